The van der Waals surface area contributed by atoms with Crippen molar-refractivity contribution in [2.24, 2.45) is 5.73 Å². The van der Waals surface area contributed by atoms with E-state index in [0.29, 0.717) is 13.1 Å². The SMILES string of the molecule is NCC(O)CN1CCN(c2ccccc2)CC1. The largest absolute Gasteiger partial charge is 0.390 e. The molecule has 0 spiro atoms. The number of anilines is 1. The minimum absolute atomic E-state index is 0.346. The molecule has 0 saturated carbocycles. The lowest BCUT2D eigenvalue weighted by Gasteiger charge is -2.36. The van der Waals surface area contributed by atoms with Crippen LogP contribution in [0.5, 0.6) is 0 Å². The molecule has 1 heterocycles. The molecule has 1 aliphatic rings. The van der Waals surface area contributed by atoms with Gasteiger partial charge in [0.05, 0.1) is 6.10 Å². The molecule has 3 N–H and O–H groups in total. The zero-order valence-electron chi connectivity index (χ0n) is 10.1. The fraction of sp³-hybridized carbons (Fsp3) is 0.538. The maximum atomic E-state index is 9.51. The number of hydrogen-bond acceptors (Lipinski definition) is 4. The number of rotatable bonds is 4. The van der Waals surface area contributed by atoms with Crippen LogP contribution in [-0.4, -0.2) is 55.4 Å². The molecule has 94 valence electrons. The molecule has 1 saturated heterocycles. The first kappa shape index (κ1) is 12.4. The first-order valence-electron chi connectivity index (χ1n) is 6.20. The van der Waals surface area contributed by atoms with Gasteiger partial charge in [-0.3, -0.25) is 4.90 Å². The first-order chi connectivity index (χ1) is 8.29. The van der Waals surface area contributed by atoms with E-state index in [1.165, 1.54) is 5.69 Å². The second kappa shape index (κ2) is 6.00. The number of hydrogen-bond donors (Lipinski definition) is 2. The number of para-hydroxylation sites is 1. The predicted octanol–water partition coefficient (Wildman–Crippen LogP) is 0.128. The van der Waals surface area contributed by atoms with E-state index in [4.69, 9.17) is 5.73 Å². The average Bonchev–Trinajstić information content (AvgIpc) is 2.40. The number of nitrogens with two attached hydrogens (primary N) is 1. The minimum atomic E-state index is -0.390. The van der Waals surface area contributed by atoms with Gasteiger partial charge in [-0.2, -0.15) is 0 Å². The average molecular weight is 235 g/mol. The van der Waals surface area contributed by atoms with E-state index in [1.54, 1.807) is 0 Å². The fourth-order valence-electron chi connectivity index (χ4n) is 2.20. The number of nitrogens with zero attached hydrogens (tertiary/aromatic N) is 2. The molecular formula is C13H21N3O. The summed E-state index contributed by atoms with van der Waals surface area (Å²) in [6, 6.07) is 10.5. The van der Waals surface area contributed by atoms with Crippen LogP contribution in [0.15, 0.2) is 30.3 Å². The van der Waals surface area contributed by atoms with Gasteiger partial charge in [0.2, 0.25) is 0 Å². The van der Waals surface area contributed by atoms with Crippen molar-refractivity contribution in [3.63, 3.8) is 0 Å². The van der Waals surface area contributed by atoms with Gasteiger partial charge in [-0.25, -0.2) is 0 Å². The Hall–Kier alpha value is -1.10. The Morgan fingerprint density at radius 1 is 1.12 bits per heavy atom. The summed E-state index contributed by atoms with van der Waals surface area (Å²) >= 11 is 0. The zero-order chi connectivity index (χ0) is 12.1. The van der Waals surface area contributed by atoms with E-state index in [2.05, 4.69) is 34.1 Å². The molecule has 0 aromatic heterocycles. The normalized spacial score (nSPS) is 19.3. The maximum Gasteiger partial charge on any atom is 0.0789 e. The smallest absolute Gasteiger partial charge is 0.0789 e. The Morgan fingerprint density at radius 3 is 2.35 bits per heavy atom. The summed E-state index contributed by atoms with van der Waals surface area (Å²) in [7, 11) is 0. The summed E-state index contributed by atoms with van der Waals surface area (Å²) in [6.45, 7) is 5.05. The third kappa shape index (κ3) is 3.43. The summed E-state index contributed by atoms with van der Waals surface area (Å²) in [6.07, 6.45) is -0.390. The van der Waals surface area contributed by atoms with E-state index < -0.39 is 6.10 Å². The molecule has 1 aromatic rings. The summed E-state index contributed by atoms with van der Waals surface area (Å²) in [4.78, 5) is 4.66. The van der Waals surface area contributed by atoms with Crippen molar-refractivity contribution < 1.29 is 5.11 Å². The lowest BCUT2D eigenvalue weighted by Crippen LogP contribution is -2.49. The van der Waals surface area contributed by atoms with Gasteiger partial charge in [0.1, 0.15) is 0 Å². The van der Waals surface area contributed by atoms with Crippen molar-refractivity contribution in [1.82, 2.24) is 4.90 Å². The van der Waals surface area contributed by atoms with Crippen LogP contribution >= 0.6 is 0 Å². The molecule has 0 radical (unpaired) electrons. The summed E-state index contributed by atoms with van der Waals surface area (Å²) < 4.78 is 0. The second-order valence-corrected chi connectivity index (χ2v) is 4.51. The molecule has 1 unspecified atom stereocenters. The molecule has 17 heavy (non-hydrogen) atoms. The van der Waals surface area contributed by atoms with Gasteiger partial charge in [0, 0.05) is 45.0 Å². The molecule has 1 aromatic carbocycles. The van der Waals surface area contributed by atoms with Crippen LogP contribution in [0.3, 0.4) is 0 Å². The highest BCUT2D eigenvalue weighted by atomic mass is 16.3. The Kier molecular flexibility index (Phi) is 4.36. The van der Waals surface area contributed by atoms with Crippen molar-refractivity contribution in [1.29, 1.82) is 0 Å². The van der Waals surface area contributed by atoms with Gasteiger partial charge >= 0.3 is 0 Å². The van der Waals surface area contributed by atoms with E-state index in [-0.39, 0.29) is 0 Å². The summed E-state index contributed by atoms with van der Waals surface area (Å²) in [5.41, 5.74) is 6.70. The number of aliphatic hydroxyl groups is 1. The van der Waals surface area contributed by atoms with Crippen molar-refractivity contribution in [3.05, 3.63) is 30.3 Å². The van der Waals surface area contributed by atoms with Crippen molar-refractivity contribution in [3.8, 4) is 0 Å². The summed E-state index contributed by atoms with van der Waals surface area (Å²) in [5, 5.41) is 9.51. The molecule has 2 rings (SSSR count). The number of piperazine rings is 1. The van der Waals surface area contributed by atoms with Gasteiger partial charge in [0.15, 0.2) is 0 Å². The standard InChI is InChI=1S/C13H21N3O/c14-10-13(17)11-15-6-8-16(9-7-15)12-4-2-1-3-5-12/h1-5,13,17H,6-11,14H2. The van der Waals surface area contributed by atoms with Crippen molar-refractivity contribution >= 4 is 5.69 Å². The topological polar surface area (TPSA) is 52.7 Å². The highest BCUT2D eigenvalue weighted by Crippen LogP contribution is 2.15. The van der Waals surface area contributed by atoms with Gasteiger partial charge < -0.3 is 15.7 Å². The second-order valence-electron chi connectivity index (χ2n) is 4.51. The lowest BCUT2D eigenvalue weighted by molar-refractivity contribution is 0.115. The number of β-amino-alcohol motifs (C(OH)–C–C–N with tert-alkyl or cyclic N) is 1. The maximum absolute atomic E-state index is 9.51. The van der Waals surface area contributed by atoms with Crippen LogP contribution in [0.2, 0.25) is 0 Å². The zero-order valence-corrected chi connectivity index (χ0v) is 10.1. The van der Waals surface area contributed by atoms with Crippen LogP contribution in [0.25, 0.3) is 0 Å². The van der Waals surface area contributed by atoms with E-state index in [0.717, 1.165) is 26.2 Å². The summed E-state index contributed by atoms with van der Waals surface area (Å²) in [5.74, 6) is 0. The van der Waals surface area contributed by atoms with Crippen LogP contribution in [0, 0.1) is 0 Å². The van der Waals surface area contributed by atoms with Crippen LogP contribution in [-0.2, 0) is 0 Å². The first-order valence-corrected chi connectivity index (χ1v) is 6.20. The molecule has 1 atom stereocenters. The third-order valence-electron chi connectivity index (χ3n) is 3.23. The number of aliphatic hydroxyl groups excluding tert-OH is 1. The van der Waals surface area contributed by atoms with Crippen LogP contribution < -0.4 is 10.6 Å². The Balaban J connectivity index is 1.82. The Morgan fingerprint density at radius 2 is 1.76 bits per heavy atom. The molecule has 0 aliphatic carbocycles. The lowest BCUT2D eigenvalue weighted by atomic mass is 10.2. The Labute approximate surface area is 103 Å². The molecule has 1 aliphatic heterocycles. The van der Waals surface area contributed by atoms with E-state index in [1.807, 2.05) is 6.07 Å². The number of benzene rings is 1. The minimum Gasteiger partial charge on any atom is -0.390 e. The monoisotopic (exact) mass is 235 g/mol. The Bertz CT molecular complexity index is 323. The van der Waals surface area contributed by atoms with Crippen LogP contribution in [0.1, 0.15) is 0 Å². The third-order valence-corrected chi connectivity index (χ3v) is 3.23. The van der Waals surface area contributed by atoms with Gasteiger partial charge in [-0.1, -0.05) is 18.2 Å². The molecule has 0 bridgehead atoms. The highest BCUT2D eigenvalue weighted by Gasteiger charge is 2.18. The molecular weight excluding hydrogens is 214 g/mol. The molecule has 1 fully saturated rings. The van der Waals surface area contributed by atoms with Crippen molar-refractivity contribution in [2.45, 2.75) is 6.10 Å². The van der Waals surface area contributed by atoms with E-state index >= 15 is 0 Å². The van der Waals surface area contributed by atoms with Gasteiger partial charge in [0.25, 0.3) is 0 Å². The molecule has 0 amide bonds. The quantitative estimate of drug-likeness (QED) is 0.779. The fourth-order valence-corrected chi connectivity index (χ4v) is 2.20. The van der Waals surface area contributed by atoms with E-state index in [9.17, 15) is 5.11 Å². The highest BCUT2D eigenvalue weighted by molar-refractivity contribution is 5.46. The molecule has 4 heteroatoms. The van der Waals surface area contributed by atoms with Gasteiger partial charge in [-0.05, 0) is 12.1 Å². The van der Waals surface area contributed by atoms with Crippen molar-refractivity contribution in [2.75, 3.05) is 44.2 Å². The van der Waals surface area contributed by atoms with Gasteiger partial charge in [-0.15, -0.1) is 0 Å². The van der Waals surface area contributed by atoms with Crippen LogP contribution in [0.4, 0.5) is 5.69 Å². The predicted molar refractivity (Wildman–Crippen MR) is 70.2 cm³/mol. The molecule has 4 nitrogen and oxygen atoms in total.